The van der Waals surface area contributed by atoms with E-state index in [2.05, 4.69) is 4.98 Å². The van der Waals surface area contributed by atoms with Gasteiger partial charge in [-0.3, -0.25) is 14.4 Å². The Morgan fingerprint density at radius 3 is 2.03 bits per heavy atom. The molecule has 178 valence electrons. The highest BCUT2D eigenvalue weighted by atomic mass is 16.5. The van der Waals surface area contributed by atoms with E-state index in [-0.39, 0.29) is 23.4 Å². The molecule has 0 saturated heterocycles. The third-order valence-corrected chi connectivity index (χ3v) is 5.69. The minimum absolute atomic E-state index is 0.143. The first-order valence-corrected chi connectivity index (χ1v) is 10.9. The first-order chi connectivity index (χ1) is 16.7. The zero-order chi connectivity index (χ0) is 25.3. The standard InChI is InChI=1S/C26H22N2O7/c1-4-34-26(33)21-14(2)22(27-15(21)3)20(29)13-35-25(32)16-9-11-17(12-10-16)28-23(30)18-7-5-6-8-19(18)24(28)31/h5-12,27H,4,13H2,1-3H3. The minimum Gasteiger partial charge on any atom is -0.462 e. The monoisotopic (exact) mass is 474 g/mol. The number of aryl methyl sites for hydroxylation is 1. The smallest absolute Gasteiger partial charge is 0.340 e. The summed E-state index contributed by atoms with van der Waals surface area (Å²) in [6.45, 7) is 4.62. The van der Waals surface area contributed by atoms with E-state index in [0.29, 0.717) is 28.1 Å². The third-order valence-electron chi connectivity index (χ3n) is 5.69. The summed E-state index contributed by atoms with van der Waals surface area (Å²) in [4.78, 5) is 66.3. The summed E-state index contributed by atoms with van der Waals surface area (Å²) < 4.78 is 10.2. The van der Waals surface area contributed by atoms with Crippen molar-refractivity contribution in [3.8, 4) is 0 Å². The van der Waals surface area contributed by atoms with Crippen LogP contribution in [-0.2, 0) is 9.47 Å². The lowest BCUT2D eigenvalue weighted by atomic mass is 10.1. The maximum Gasteiger partial charge on any atom is 0.340 e. The largest absolute Gasteiger partial charge is 0.462 e. The van der Waals surface area contributed by atoms with Crippen LogP contribution in [0.3, 0.4) is 0 Å². The molecule has 35 heavy (non-hydrogen) atoms. The van der Waals surface area contributed by atoms with Crippen molar-refractivity contribution in [2.45, 2.75) is 20.8 Å². The van der Waals surface area contributed by atoms with Crippen molar-refractivity contribution in [2.75, 3.05) is 18.1 Å². The molecule has 0 bridgehead atoms. The van der Waals surface area contributed by atoms with Gasteiger partial charge in [-0.1, -0.05) is 12.1 Å². The molecular weight excluding hydrogens is 452 g/mol. The van der Waals surface area contributed by atoms with Crippen molar-refractivity contribution >= 4 is 35.2 Å². The zero-order valence-corrected chi connectivity index (χ0v) is 19.3. The Morgan fingerprint density at radius 2 is 1.46 bits per heavy atom. The molecule has 4 rings (SSSR count). The number of amides is 2. The lowest BCUT2D eigenvalue weighted by molar-refractivity contribution is 0.0472. The number of benzene rings is 2. The lowest BCUT2D eigenvalue weighted by Crippen LogP contribution is -2.29. The van der Waals surface area contributed by atoms with Gasteiger partial charge in [-0.15, -0.1) is 0 Å². The average molecular weight is 474 g/mol. The molecule has 3 aromatic rings. The second-order valence-electron chi connectivity index (χ2n) is 7.88. The molecule has 0 atom stereocenters. The Morgan fingerprint density at radius 1 is 0.857 bits per heavy atom. The number of rotatable bonds is 7. The van der Waals surface area contributed by atoms with Crippen molar-refractivity contribution in [3.05, 3.63) is 87.7 Å². The SMILES string of the molecule is CCOC(=O)c1c(C)[nH]c(C(=O)COC(=O)c2ccc(N3C(=O)c4ccccc4C3=O)cc2)c1C. The highest BCUT2D eigenvalue weighted by Crippen LogP contribution is 2.28. The summed E-state index contributed by atoms with van der Waals surface area (Å²) in [5.74, 6) is -2.67. The first kappa shape index (κ1) is 23.6. The van der Waals surface area contributed by atoms with Crippen molar-refractivity contribution in [1.82, 2.24) is 4.98 Å². The van der Waals surface area contributed by atoms with E-state index >= 15 is 0 Å². The van der Waals surface area contributed by atoms with Crippen LogP contribution in [0.1, 0.15) is 70.1 Å². The maximum atomic E-state index is 12.6. The van der Waals surface area contributed by atoms with Crippen LogP contribution < -0.4 is 4.90 Å². The molecule has 1 aromatic heterocycles. The molecule has 9 heteroatoms. The van der Waals surface area contributed by atoms with Crippen LogP contribution in [0, 0.1) is 13.8 Å². The van der Waals surface area contributed by atoms with E-state index in [0.717, 1.165) is 4.90 Å². The number of fused-ring (bicyclic) bond motifs is 1. The van der Waals surface area contributed by atoms with Gasteiger partial charge in [0.2, 0.25) is 5.78 Å². The molecule has 2 aromatic carbocycles. The number of ether oxygens (including phenoxy) is 2. The van der Waals surface area contributed by atoms with E-state index in [1.807, 2.05) is 0 Å². The van der Waals surface area contributed by atoms with Gasteiger partial charge in [-0.05, 0) is 62.7 Å². The van der Waals surface area contributed by atoms with Gasteiger partial charge in [-0.25, -0.2) is 14.5 Å². The summed E-state index contributed by atoms with van der Waals surface area (Å²) in [7, 11) is 0. The Labute approximate surface area is 200 Å². The number of hydrogen-bond acceptors (Lipinski definition) is 7. The summed E-state index contributed by atoms with van der Waals surface area (Å²) >= 11 is 0. The van der Waals surface area contributed by atoms with Crippen LogP contribution in [0.5, 0.6) is 0 Å². The van der Waals surface area contributed by atoms with Crippen molar-refractivity contribution in [3.63, 3.8) is 0 Å². The number of carbonyl (C=O) groups is 5. The summed E-state index contributed by atoms with van der Waals surface area (Å²) in [6, 6.07) is 12.3. The number of hydrogen-bond donors (Lipinski definition) is 1. The van der Waals surface area contributed by atoms with Crippen LogP contribution in [-0.4, -0.2) is 47.7 Å². The van der Waals surface area contributed by atoms with Crippen molar-refractivity contribution in [2.24, 2.45) is 0 Å². The predicted molar refractivity (Wildman–Crippen MR) is 125 cm³/mol. The zero-order valence-electron chi connectivity index (χ0n) is 19.3. The summed E-state index contributed by atoms with van der Waals surface area (Å²) in [5.41, 5.74) is 2.45. The van der Waals surface area contributed by atoms with Gasteiger partial charge in [0.15, 0.2) is 6.61 Å². The number of anilines is 1. The molecule has 1 aliphatic heterocycles. The van der Waals surface area contributed by atoms with Crippen LogP contribution in [0.2, 0.25) is 0 Å². The second-order valence-corrected chi connectivity index (χ2v) is 7.88. The number of carbonyl (C=O) groups excluding carboxylic acids is 5. The second kappa shape index (κ2) is 9.38. The van der Waals surface area contributed by atoms with Crippen molar-refractivity contribution < 1.29 is 33.4 Å². The van der Waals surface area contributed by atoms with E-state index < -0.39 is 36.1 Å². The molecule has 0 aliphatic carbocycles. The Balaban J connectivity index is 1.42. The third kappa shape index (κ3) is 4.23. The highest BCUT2D eigenvalue weighted by molar-refractivity contribution is 6.34. The highest BCUT2D eigenvalue weighted by Gasteiger charge is 2.36. The molecule has 9 nitrogen and oxygen atoms in total. The molecule has 1 N–H and O–H groups in total. The Bertz CT molecular complexity index is 1330. The van der Waals surface area contributed by atoms with Gasteiger partial charge in [0.25, 0.3) is 11.8 Å². The number of Topliss-reactive ketones (excluding diaryl/α,β-unsaturated/α-hetero) is 1. The number of aromatic nitrogens is 1. The number of ketones is 1. The van der Waals surface area contributed by atoms with Gasteiger partial charge in [-0.2, -0.15) is 0 Å². The number of aromatic amines is 1. The van der Waals surface area contributed by atoms with Crippen LogP contribution >= 0.6 is 0 Å². The van der Waals surface area contributed by atoms with Crippen LogP contribution in [0.4, 0.5) is 5.69 Å². The molecule has 0 fully saturated rings. The molecule has 2 amide bonds. The molecule has 0 saturated carbocycles. The number of imide groups is 1. The molecular formula is C26H22N2O7. The van der Waals surface area contributed by atoms with Gasteiger partial charge in [0.05, 0.1) is 40.2 Å². The number of H-pyrrole nitrogens is 1. The van der Waals surface area contributed by atoms with E-state index in [4.69, 9.17) is 9.47 Å². The number of nitrogens with zero attached hydrogens (tertiary/aromatic N) is 1. The van der Waals surface area contributed by atoms with Gasteiger partial charge < -0.3 is 14.5 Å². The predicted octanol–water partition coefficient (Wildman–Crippen LogP) is 3.65. The lowest BCUT2D eigenvalue weighted by Gasteiger charge is -2.14. The maximum absolute atomic E-state index is 12.6. The molecule has 0 unspecified atom stereocenters. The molecule has 1 aliphatic rings. The number of nitrogens with one attached hydrogen (secondary N) is 1. The topological polar surface area (TPSA) is 123 Å². The van der Waals surface area contributed by atoms with E-state index in [1.165, 1.54) is 24.3 Å². The fourth-order valence-electron chi connectivity index (χ4n) is 4.00. The van der Waals surface area contributed by atoms with E-state index in [9.17, 15) is 24.0 Å². The van der Waals surface area contributed by atoms with Gasteiger partial charge in [0, 0.05) is 5.69 Å². The summed E-state index contributed by atoms with van der Waals surface area (Å²) in [5, 5.41) is 0. The van der Waals surface area contributed by atoms with Crippen LogP contribution in [0.25, 0.3) is 0 Å². The number of esters is 2. The van der Waals surface area contributed by atoms with Gasteiger partial charge >= 0.3 is 11.9 Å². The van der Waals surface area contributed by atoms with Crippen molar-refractivity contribution in [1.29, 1.82) is 0 Å². The van der Waals surface area contributed by atoms with Crippen LogP contribution in [0.15, 0.2) is 48.5 Å². The molecule has 2 heterocycles. The Hall–Kier alpha value is -4.53. The Kier molecular flexibility index (Phi) is 6.33. The molecule has 0 spiro atoms. The first-order valence-electron chi connectivity index (χ1n) is 10.9. The quantitative estimate of drug-likeness (QED) is 0.315. The minimum atomic E-state index is -0.751. The fraction of sp³-hybridized carbons (Fsp3) is 0.192. The molecule has 0 radical (unpaired) electrons. The summed E-state index contributed by atoms with van der Waals surface area (Å²) in [6.07, 6.45) is 0. The fourth-order valence-corrected chi connectivity index (χ4v) is 4.00. The van der Waals surface area contributed by atoms with E-state index in [1.54, 1.807) is 45.0 Å². The normalized spacial score (nSPS) is 12.5. The van der Waals surface area contributed by atoms with Gasteiger partial charge in [0.1, 0.15) is 0 Å². The average Bonchev–Trinajstić information content (AvgIpc) is 3.29.